The maximum atomic E-state index is 12.3. The first-order chi connectivity index (χ1) is 13.0. The zero-order valence-corrected chi connectivity index (χ0v) is 15.6. The van der Waals surface area contributed by atoms with Gasteiger partial charge in [-0.3, -0.25) is 9.59 Å². The standard InChI is InChI=1S/C21H22N2O4/c1-13-10-15-6-7-16(12-17(15)23-21(13)25)22-20(24)9-5-14-4-8-18(26-2)19(11-14)27-3/h4,6-8,10-12H,5,9H2,1-3H3,(H,22,24)(H,23,25). The van der Waals surface area contributed by atoms with E-state index in [-0.39, 0.29) is 11.5 Å². The SMILES string of the molecule is COc1ccc(CCC(=O)Nc2ccc3cc(C)c(=O)[nH]c3c2)cc1OC. The van der Waals surface area contributed by atoms with E-state index in [2.05, 4.69) is 10.3 Å². The van der Waals surface area contributed by atoms with Gasteiger partial charge >= 0.3 is 0 Å². The lowest BCUT2D eigenvalue weighted by Crippen LogP contribution is -2.13. The van der Waals surface area contributed by atoms with Gasteiger partial charge in [0.1, 0.15) is 0 Å². The van der Waals surface area contributed by atoms with Crippen LogP contribution in [0.25, 0.3) is 10.9 Å². The van der Waals surface area contributed by atoms with Crippen molar-refractivity contribution in [2.75, 3.05) is 19.5 Å². The molecule has 0 spiro atoms. The zero-order chi connectivity index (χ0) is 19.4. The fourth-order valence-corrected chi connectivity index (χ4v) is 2.91. The second-order valence-electron chi connectivity index (χ2n) is 6.32. The van der Waals surface area contributed by atoms with Crippen molar-refractivity contribution in [2.24, 2.45) is 0 Å². The van der Waals surface area contributed by atoms with E-state index in [0.29, 0.717) is 41.1 Å². The summed E-state index contributed by atoms with van der Waals surface area (Å²) in [4.78, 5) is 26.9. The number of ether oxygens (including phenoxy) is 2. The number of amides is 1. The molecule has 0 atom stereocenters. The Morgan fingerprint density at radius 2 is 1.81 bits per heavy atom. The van der Waals surface area contributed by atoms with E-state index in [4.69, 9.17) is 9.47 Å². The number of anilines is 1. The maximum absolute atomic E-state index is 12.3. The third-order valence-corrected chi connectivity index (χ3v) is 4.40. The van der Waals surface area contributed by atoms with Gasteiger partial charge in [-0.05, 0) is 54.6 Å². The smallest absolute Gasteiger partial charge is 0.251 e. The minimum absolute atomic E-state index is 0.0985. The summed E-state index contributed by atoms with van der Waals surface area (Å²) >= 11 is 0. The fraction of sp³-hybridized carbons (Fsp3) is 0.238. The number of hydrogen-bond acceptors (Lipinski definition) is 4. The summed E-state index contributed by atoms with van der Waals surface area (Å²) < 4.78 is 10.5. The Labute approximate surface area is 157 Å². The molecule has 0 aliphatic heterocycles. The molecule has 3 aromatic rings. The molecule has 1 aromatic heterocycles. The van der Waals surface area contributed by atoms with Crippen molar-refractivity contribution in [2.45, 2.75) is 19.8 Å². The number of nitrogens with one attached hydrogen (secondary N) is 2. The molecule has 0 bridgehead atoms. The van der Waals surface area contributed by atoms with Gasteiger partial charge in [-0.25, -0.2) is 0 Å². The van der Waals surface area contributed by atoms with Gasteiger partial charge in [0, 0.05) is 17.7 Å². The van der Waals surface area contributed by atoms with Crippen LogP contribution in [0.4, 0.5) is 5.69 Å². The first-order valence-corrected chi connectivity index (χ1v) is 8.64. The Bertz CT molecular complexity index is 1040. The minimum Gasteiger partial charge on any atom is -0.493 e. The molecule has 2 aromatic carbocycles. The lowest BCUT2D eigenvalue weighted by Gasteiger charge is -2.10. The normalized spacial score (nSPS) is 10.6. The molecular formula is C21H22N2O4. The molecule has 6 heteroatoms. The summed E-state index contributed by atoms with van der Waals surface area (Å²) in [5.74, 6) is 1.20. The molecule has 3 rings (SSSR count). The summed E-state index contributed by atoms with van der Waals surface area (Å²) in [5.41, 5.74) is 2.87. The van der Waals surface area contributed by atoms with Gasteiger partial charge < -0.3 is 19.8 Å². The third-order valence-electron chi connectivity index (χ3n) is 4.40. The van der Waals surface area contributed by atoms with E-state index in [1.165, 1.54) is 0 Å². The van der Waals surface area contributed by atoms with Gasteiger partial charge in [0.15, 0.2) is 11.5 Å². The largest absolute Gasteiger partial charge is 0.493 e. The first kappa shape index (κ1) is 18.5. The van der Waals surface area contributed by atoms with Gasteiger partial charge in [0.25, 0.3) is 5.56 Å². The fourth-order valence-electron chi connectivity index (χ4n) is 2.91. The molecule has 1 heterocycles. The number of rotatable bonds is 6. The molecule has 2 N–H and O–H groups in total. The van der Waals surface area contributed by atoms with Crippen molar-refractivity contribution in [3.8, 4) is 11.5 Å². The summed E-state index contributed by atoms with van der Waals surface area (Å²) in [6.45, 7) is 1.77. The predicted molar refractivity (Wildman–Crippen MR) is 106 cm³/mol. The van der Waals surface area contributed by atoms with Crippen LogP contribution in [0.15, 0.2) is 47.3 Å². The van der Waals surface area contributed by atoms with Crippen LogP contribution < -0.4 is 20.3 Å². The number of aryl methyl sites for hydroxylation is 2. The van der Waals surface area contributed by atoms with Crippen LogP contribution in [0, 0.1) is 6.92 Å². The molecule has 0 aliphatic rings. The van der Waals surface area contributed by atoms with Gasteiger partial charge in [0.05, 0.1) is 19.7 Å². The second kappa shape index (κ2) is 7.95. The van der Waals surface area contributed by atoms with Crippen molar-refractivity contribution in [1.82, 2.24) is 4.98 Å². The number of fused-ring (bicyclic) bond motifs is 1. The van der Waals surface area contributed by atoms with Crippen molar-refractivity contribution in [3.63, 3.8) is 0 Å². The van der Waals surface area contributed by atoms with Gasteiger partial charge in [0.2, 0.25) is 5.91 Å². The van der Waals surface area contributed by atoms with Gasteiger partial charge in [-0.1, -0.05) is 12.1 Å². The van der Waals surface area contributed by atoms with E-state index < -0.39 is 0 Å². The summed E-state index contributed by atoms with van der Waals surface area (Å²) in [5, 5.41) is 3.80. The summed E-state index contributed by atoms with van der Waals surface area (Å²) in [6.07, 6.45) is 0.910. The number of benzene rings is 2. The number of methoxy groups -OCH3 is 2. The highest BCUT2D eigenvalue weighted by Gasteiger charge is 2.08. The highest BCUT2D eigenvalue weighted by Crippen LogP contribution is 2.28. The number of carbonyl (C=O) groups excluding carboxylic acids is 1. The average molecular weight is 366 g/mol. The predicted octanol–water partition coefficient (Wildman–Crippen LogP) is 3.43. The first-order valence-electron chi connectivity index (χ1n) is 8.64. The molecule has 140 valence electrons. The topological polar surface area (TPSA) is 80.4 Å². The molecular weight excluding hydrogens is 344 g/mol. The van der Waals surface area contributed by atoms with E-state index in [9.17, 15) is 9.59 Å². The molecule has 1 amide bonds. The molecule has 0 aliphatic carbocycles. The van der Waals surface area contributed by atoms with Crippen LogP contribution >= 0.6 is 0 Å². The Morgan fingerprint density at radius 1 is 1.04 bits per heavy atom. The molecule has 6 nitrogen and oxygen atoms in total. The minimum atomic E-state index is -0.126. The lowest BCUT2D eigenvalue weighted by atomic mass is 10.1. The molecule has 27 heavy (non-hydrogen) atoms. The van der Waals surface area contributed by atoms with Crippen LogP contribution in [0.1, 0.15) is 17.5 Å². The molecule has 0 radical (unpaired) electrons. The molecule has 0 unspecified atom stereocenters. The number of H-pyrrole nitrogens is 1. The van der Waals surface area contributed by atoms with Crippen molar-refractivity contribution in [3.05, 3.63) is 63.9 Å². The molecule has 0 saturated carbocycles. The van der Waals surface area contributed by atoms with E-state index in [1.54, 1.807) is 27.2 Å². The van der Waals surface area contributed by atoms with Crippen LogP contribution in [0.5, 0.6) is 11.5 Å². The summed E-state index contributed by atoms with van der Waals surface area (Å²) in [7, 11) is 3.17. The highest BCUT2D eigenvalue weighted by atomic mass is 16.5. The quantitative estimate of drug-likeness (QED) is 0.700. The number of pyridine rings is 1. The summed E-state index contributed by atoms with van der Waals surface area (Å²) in [6, 6.07) is 12.9. The number of carbonyl (C=O) groups is 1. The van der Waals surface area contributed by atoms with E-state index >= 15 is 0 Å². The maximum Gasteiger partial charge on any atom is 0.251 e. The van der Waals surface area contributed by atoms with Crippen LogP contribution in [-0.4, -0.2) is 25.1 Å². The Kier molecular flexibility index (Phi) is 5.45. The van der Waals surface area contributed by atoms with E-state index in [1.807, 2.05) is 36.4 Å². The van der Waals surface area contributed by atoms with Crippen LogP contribution in [0.3, 0.4) is 0 Å². The number of hydrogen-bond donors (Lipinski definition) is 2. The second-order valence-corrected chi connectivity index (χ2v) is 6.32. The lowest BCUT2D eigenvalue weighted by molar-refractivity contribution is -0.116. The monoisotopic (exact) mass is 366 g/mol. The van der Waals surface area contributed by atoms with Gasteiger partial charge in [-0.15, -0.1) is 0 Å². The number of aromatic nitrogens is 1. The van der Waals surface area contributed by atoms with Crippen molar-refractivity contribution >= 4 is 22.5 Å². The third kappa shape index (κ3) is 4.28. The van der Waals surface area contributed by atoms with Crippen LogP contribution in [-0.2, 0) is 11.2 Å². The Balaban J connectivity index is 1.66. The zero-order valence-electron chi connectivity index (χ0n) is 15.6. The van der Waals surface area contributed by atoms with Crippen molar-refractivity contribution in [1.29, 1.82) is 0 Å². The molecule has 0 fully saturated rings. The number of aromatic amines is 1. The van der Waals surface area contributed by atoms with Crippen molar-refractivity contribution < 1.29 is 14.3 Å². The Morgan fingerprint density at radius 3 is 2.56 bits per heavy atom. The Hall–Kier alpha value is -3.28. The highest BCUT2D eigenvalue weighted by molar-refractivity contribution is 5.93. The average Bonchev–Trinajstić information content (AvgIpc) is 2.67. The molecule has 0 saturated heterocycles. The van der Waals surface area contributed by atoms with Crippen LogP contribution in [0.2, 0.25) is 0 Å². The van der Waals surface area contributed by atoms with Gasteiger partial charge in [-0.2, -0.15) is 0 Å². The van der Waals surface area contributed by atoms with E-state index in [0.717, 1.165) is 10.9 Å².